The molecule has 0 atom stereocenters. The van der Waals surface area contributed by atoms with Crippen molar-refractivity contribution in [1.29, 1.82) is 0 Å². The Labute approximate surface area is 128 Å². The fourth-order valence-corrected chi connectivity index (χ4v) is 2.57. The van der Waals surface area contributed by atoms with E-state index in [2.05, 4.69) is 10.2 Å². The van der Waals surface area contributed by atoms with E-state index in [1.807, 2.05) is 30.3 Å². The van der Waals surface area contributed by atoms with E-state index in [1.54, 1.807) is 18.2 Å². The quantitative estimate of drug-likeness (QED) is 0.680. The first-order valence-electron chi connectivity index (χ1n) is 6.61. The van der Waals surface area contributed by atoms with Crippen molar-refractivity contribution in [3.63, 3.8) is 0 Å². The molecule has 2 aromatic rings. The third-order valence-corrected chi connectivity index (χ3v) is 4.04. The van der Waals surface area contributed by atoms with E-state index in [9.17, 15) is 13.5 Å². The summed E-state index contributed by atoms with van der Waals surface area (Å²) in [5.41, 5.74) is 0.955. The monoisotopic (exact) mass is 312 g/mol. The van der Waals surface area contributed by atoms with Crippen LogP contribution < -0.4 is 0 Å². The lowest BCUT2D eigenvalue weighted by Crippen LogP contribution is -1.97. The Morgan fingerprint density at radius 1 is 1.00 bits per heavy atom. The Balaban J connectivity index is 1.96. The number of phenols is 1. The number of fused-ring (bicyclic) bond motifs is 1. The van der Waals surface area contributed by atoms with Gasteiger partial charge < -0.3 is 5.11 Å². The Kier molecular flexibility index (Phi) is 3.84. The van der Waals surface area contributed by atoms with Gasteiger partial charge >= 0.3 is 0 Å². The lowest BCUT2D eigenvalue weighted by molar-refractivity contribution is 0.477. The molecular weight excluding hydrogens is 300 g/mol. The number of azo groups is 1. The standard InChI is InChI=1S/C16H12N2O3S/c19-15-10-5-11-3-1-2-4-14(11)16(15)18-17-12-6-8-13(9-7-12)22(20)21/h1-8,10,19H,9H2. The third kappa shape index (κ3) is 2.82. The van der Waals surface area contributed by atoms with Crippen LogP contribution in [0.3, 0.4) is 0 Å². The predicted molar refractivity (Wildman–Crippen MR) is 85.9 cm³/mol. The molecule has 5 nitrogen and oxygen atoms in total. The Hall–Kier alpha value is -2.73. The molecule has 0 heterocycles. The van der Waals surface area contributed by atoms with E-state index in [-0.39, 0.29) is 5.75 Å². The third-order valence-electron chi connectivity index (χ3n) is 3.31. The van der Waals surface area contributed by atoms with Crippen LogP contribution in [0.5, 0.6) is 5.75 Å². The number of benzene rings is 2. The van der Waals surface area contributed by atoms with Gasteiger partial charge in [0.25, 0.3) is 0 Å². The summed E-state index contributed by atoms with van der Waals surface area (Å²) in [4.78, 5) is 0.312. The number of aromatic hydroxyl groups is 1. The molecule has 6 heteroatoms. The van der Waals surface area contributed by atoms with Crippen molar-refractivity contribution >= 4 is 31.6 Å². The zero-order chi connectivity index (χ0) is 15.5. The van der Waals surface area contributed by atoms with Crippen LogP contribution in [0, 0.1) is 0 Å². The van der Waals surface area contributed by atoms with Crippen LogP contribution in [0.2, 0.25) is 0 Å². The average Bonchev–Trinajstić information content (AvgIpc) is 2.54. The molecule has 0 bridgehead atoms. The second kappa shape index (κ2) is 5.95. The van der Waals surface area contributed by atoms with E-state index < -0.39 is 10.3 Å². The molecule has 0 aliphatic heterocycles. The van der Waals surface area contributed by atoms with Crippen LogP contribution in [0.25, 0.3) is 10.8 Å². The van der Waals surface area contributed by atoms with E-state index in [0.29, 0.717) is 22.7 Å². The highest BCUT2D eigenvalue weighted by molar-refractivity contribution is 7.73. The van der Waals surface area contributed by atoms with Crippen LogP contribution >= 0.6 is 0 Å². The second-order valence-corrected chi connectivity index (χ2v) is 5.72. The van der Waals surface area contributed by atoms with Gasteiger partial charge in [-0.2, -0.15) is 13.5 Å². The van der Waals surface area contributed by atoms with Gasteiger partial charge in [0, 0.05) is 11.8 Å². The van der Waals surface area contributed by atoms with E-state index in [0.717, 1.165) is 10.8 Å². The molecule has 1 aliphatic rings. The molecular formula is C16H12N2O3S. The molecule has 0 saturated heterocycles. The smallest absolute Gasteiger partial charge is 0.217 e. The summed E-state index contributed by atoms with van der Waals surface area (Å²) in [5.74, 6) is 0.0516. The van der Waals surface area contributed by atoms with Crippen molar-refractivity contribution in [3.8, 4) is 5.75 Å². The van der Waals surface area contributed by atoms with Gasteiger partial charge in [0.2, 0.25) is 10.3 Å². The van der Waals surface area contributed by atoms with Gasteiger partial charge in [-0.1, -0.05) is 36.4 Å². The fraction of sp³-hybridized carbons (Fsp3) is 0.0625. The van der Waals surface area contributed by atoms with Gasteiger partial charge in [0.05, 0.1) is 10.6 Å². The number of rotatable bonds is 2. The molecule has 2 aromatic carbocycles. The molecule has 0 saturated carbocycles. The molecule has 1 aliphatic carbocycles. The Bertz CT molecular complexity index is 962. The van der Waals surface area contributed by atoms with E-state index in [1.165, 1.54) is 6.08 Å². The van der Waals surface area contributed by atoms with Crippen molar-refractivity contribution in [2.45, 2.75) is 6.42 Å². The van der Waals surface area contributed by atoms with Crippen molar-refractivity contribution < 1.29 is 13.5 Å². The number of hydrogen-bond donors (Lipinski definition) is 1. The van der Waals surface area contributed by atoms with Gasteiger partial charge in [0.1, 0.15) is 11.4 Å². The molecule has 0 spiro atoms. The van der Waals surface area contributed by atoms with Gasteiger partial charge in [-0.3, -0.25) is 0 Å². The van der Waals surface area contributed by atoms with Crippen LogP contribution in [0.4, 0.5) is 5.69 Å². The first-order valence-corrected chi connectivity index (χ1v) is 7.68. The zero-order valence-electron chi connectivity index (χ0n) is 11.5. The molecule has 1 N–H and O–H groups in total. The molecule has 0 radical (unpaired) electrons. The second-order valence-electron chi connectivity index (χ2n) is 4.72. The highest BCUT2D eigenvalue weighted by atomic mass is 32.2. The SMILES string of the molecule is O=S(=O)=C1C=CC(N=Nc2c(O)ccc3ccccc23)=CC1. The molecule has 110 valence electrons. The first-order chi connectivity index (χ1) is 10.6. The molecule has 3 rings (SSSR count). The number of allylic oxidation sites excluding steroid dienone is 3. The van der Waals surface area contributed by atoms with Gasteiger partial charge in [-0.25, -0.2) is 0 Å². The summed E-state index contributed by atoms with van der Waals surface area (Å²) in [6, 6.07) is 11.0. The lowest BCUT2D eigenvalue weighted by atomic mass is 10.1. The van der Waals surface area contributed by atoms with Crippen molar-refractivity contribution in [3.05, 3.63) is 60.3 Å². The maximum Gasteiger partial charge on any atom is 0.217 e. The average molecular weight is 312 g/mol. The minimum absolute atomic E-state index is 0.0516. The molecule has 0 fully saturated rings. The maximum atomic E-state index is 10.8. The summed E-state index contributed by atoms with van der Waals surface area (Å²) in [7, 11) is -2.21. The van der Waals surface area contributed by atoms with Gasteiger partial charge in [-0.05, 0) is 23.6 Å². The lowest BCUT2D eigenvalue weighted by Gasteiger charge is -2.04. The highest BCUT2D eigenvalue weighted by Crippen LogP contribution is 2.35. The number of phenolic OH excluding ortho intramolecular Hbond substituents is 1. The van der Waals surface area contributed by atoms with Gasteiger partial charge in [0.15, 0.2) is 0 Å². The predicted octanol–water partition coefficient (Wildman–Crippen LogP) is 3.52. The topological polar surface area (TPSA) is 79.1 Å². The molecule has 0 unspecified atom stereocenters. The Morgan fingerprint density at radius 3 is 2.55 bits per heavy atom. The minimum atomic E-state index is -2.21. The van der Waals surface area contributed by atoms with Crippen molar-refractivity contribution in [2.75, 3.05) is 0 Å². The first kappa shape index (κ1) is 14.2. The maximum absolute atomic E-state index is 10.8. The van der Waals surface area contributed by atoms with Crippen LogP contribution in [-0.4, -0.2) is 18.4 Å². The van der Waals surface area contributed by atoms with Crippen molar-refractivity contribution in [1.82, 2.24) is 0 Å². The van der Waals surface area contributed by atoms with Crippen molar-refractivity contribution in [2.24, 2.45) is 10.2 Å². The summed E-state index contributed by atoms with van der Waals surface area (Å²) >= 11 is 0. The fourth-order valence-electron chi connectivity index (χ4n) is 2.17. The number of hydrogen-bond acceptors (Lipinski definition) is 5. The van der Waals surface area contributed by atoms with E-state index >= 15 is 0 Å². The van der Waals surface area contributed by atoms with Gasteiger partial charge in [-0.15, -0.1) is 5.11 Å². The Morgan fingerprint density at radius 2 is 1.82 bits per heavy atom. The zero-order valence-corrected chi connectivity index (χ0v) is 12.3. The molecule has 22 heavy (non-hydrogen) atoms. The number of nitrogens with zero attached hydrogens (tertiary/aromatic N) is 2. The summed E-state index contributed by atoms with van der Waals surface area (Å²) in [6.45, 7) is 0. The van der Waals surface area contributed by atoms with Crippen LogP contribution in [0.15, 0.2) is 70.6 Å². The van der Waals surface area contributed by atoms with Crippen LogP contribution in [0.1, 0.15) is 6.42 Å². The largest absolute Gasteiger partial charge is 0.506 e. The summed E-state index contributed by atoms with van der Waals surface area (Å²) < 4.78 is 21.7. The summed E-state index contributed by atoms with van der Waals surface area (Å²) in [6.07, 6.45) is 5.06. The molecule has 0 amide bonds. The summed E-state index contributed by atoms with van der Waals surface area (Å²) in [5, 5.41) is 19.9. The normalized spacial score (nSPS) is 14.5. The van der Waals surface area contributed by atoms with Crippen LogP contribution in [-0.2, 0) is 10.3 Å². The highest BCUT2D eigenvalue weighted by Gasteiger charge is 2.07. The molecule has 0 aromatic heterocycles. The minimum Gasteiger partial charge on any atom is -0.506 e. The van der Waals surface area contributed by atoms with E-state index in [4.69, 9.17) is 0 Å².